The highest BCUT2D eigenvalue weighted by Gasteiger charge is 2.12. The fourth-order valence-corrected chi connectivity index (χ4v) is 2.86. The van der Waals surface area contributed by atoms with E-state index in [1.54, 1.807) is 0 Å². The van der Waals surface area contributed by atoms with Crippen LogP contribution >= 0.6 is 8.03 Å². The molecule has 0 aliphatic heterocycles. The lowest BCUT2D eigenvalue weighted by Gasteiger charge is -2.10. The predicted molar refractivity (Wildman–Crippen MR) is 74.9 cm³/mol. The lowest BCUT2D eigenvalue weighted by Crippen LogP contribution is -2.05. The number of Topliss-reactive ketones (excluding diaryl/α,β-unsaturated/α-hetero) is 1. The minimum Gasteiger partial charge on any atom is -0.346 e. The Morgan fingerprint density at radius 1 is 1.17 bits per heavy atom. The predicted octanol–water partition coefficient (Wildman–Crippen LogP) is 3.43. The van der Waals surface area contributed by atoms with Crippen molar-refractivity contribution in [2.24, 2.45) is 0 Å². The molecule has 1 N–H and O–H groups in total. The topological polar surface area (TPSA) is 54.4 Å². The van der Waals surface area contributed by atoms with Gasteiger partial charge in [-0.15, -0.1) is 0 Å². The van der Waals surface area contributed by atoms with Crippen LogP contribution in [-0.4, -0.2) is 16.8 Å². The number of unbranched alkanes of at least 4 members (excludes halogenated alkanes) is 1. The van der Waals surface area contributed by atoms with Crippen molar-refractivity contribution in [3.63, 3.8) is 0 Å². The number of hydrogen-bond donors (Lipinski definition) is 1. The van der Waals surface area contributed by atoms with Crippen LogP contribution in [0.4, 0.5) is 0 Å². The lowest BCUT2D eigenvalue weighted by molar-refractivity contribution is 0.0978. The molecule has 0 spiro atoms. The molecule has 1 aromatic carbocycles. The molecule has 100 valence electrons. The fraction of sp³-hybridized carbons (Fsp3) is 0.500. The van der Waals surface area contributed by atoms with Crippen LogP contribution in [0, 0.1) is 20.8 Å². The van der Waals surface area contributed by atoms with Gasteiger partial charge < -0.3 is 4.89 Å². The zero-order valence-corrected chi connectivity index (χ0v) is 12.2. The van der Waals surface area contributed by atoms with E-state index in [1.807, 2.05) is 32.9 Å². The van der Waals surface area contributed by atoms with Gasteiger partial charge in [0.05, 0.1) is 0 Å². The molecule has 18 heavy (non-hydrogen) atoms. The molecule has 1 aromatic rings. The Morgan fingerprint density at radius 2 is 1.72 bits per heavy atom. The van der Waals surface area contributed by atoms with Gasteiger partial charge in [-0.1, -0.05) is 17.7 Å². The van der Waals surface area contributed by atoms with Gasteiger partial charge in [-0.25, -0.2) is 0 Å². The molecule has 0 radical (unpaired) electrons. The van der Waals surface area contributed by atoms with Crippen LogP contribution in [0.25, 0.3) is 0 Å². The maximum Gasteiger partial charge on any atom is 0.189 e. The van der Waals surface area contributed by atoms with Crippen molar-refractivity contribution < 1.29 is 14.3 Å². The molecule has 0 aliphatic rings. The summed E-state index contributed by atoms with van der Waals surface area (Å²) in [6, 6.07) is 4.04. The van der Waals surface area contributed by atoms with Gasteiger partial charge >= 0.3 is 0 Å². The average molecular weight is 268 g/mol. The Hall–Kier alpha value is -0.920. The van der Waals surface area contributed by atoms with Gasteiger partial charge in [-0.05, 0) is 44.7 Å². The Kier molecular flexibility index (Phi) is 5.77. The van der Waals surface area contributed by atoms with E-state index >= 15 is 0 Å². The quantitative estimate of drug-likeness (QED) is 0.488. The van der Waals surface area contributed by atoms with Gasteiger partial charge in [-0.2, -0.15) is 0 Å². The first-order valence-electron chi connectivity index (χ1n) is 6.24. The van der Waals surface area contributed by atoms with E-state index in [4.69, 9.17) is 4.89 Å². The smallest absolute Gasteiger partial charge is 0.189 e. The van der Waals surface area contributed by atoms with Crippen LogP contribution < -0.4 is 0 Å². The maximum atomic E-state index is 12.1. The number of hydrogen-bond acceptors (Lipinski definition) is 2. The van der Waals surface area contributed by atoms with Crippen molar-refractivity contribution in [2.45, 2.75) is 40.0 Å². The fourth-order valence-electron chi connectivity index (χ4n) is 2.31. The van der Waals surface area contributed by atoms with E-state index in [2.05, 4.69) is 0 Å². The third-order valence-electron chi connectivity index (χ3n) is 3.00. The van der Waals surface area contributed by atoms with E-state index < -0.39 is 8.03 Å². The van der Waals surface area contributed by atoms with Gasteiger partial charge in [0.2, 0.25) is 0 Å². The van der Waals surface area contributed by atoms with Crippen LogP contribution in [0.1, 0.15) is 46.3 Å². The minimum atomic E-state index is -2.38. The molecule has 1 atom stereocenters. The van der Waals surface area contributed by atoms with Crippen LogP contribution in [0.5, 0.6) is 0 Å². The van der Waals surface area contributed by atoms with E-state index in [0.717, 1.165) is 16.7 Å². The Bertz CT molecular complexity index is 443. The van der Waals surface area contributed by atoms with Gasteiger partial charge in [0.15, 0.2) is 13.8 Å². The summed E-state index contributed by atoms with van der Waals surface area (Å²) in [5.41, 5.74) is 4.03. The van der Waals surface area contributed by atoms with Gasteiger partial charge in [0.1, 0.15) is 0 Å². The summed E-state index contributed by atoms with van der Waals surface area (Å²) in [6.07, 6.45) is 2.11. The zero-order chi connectivity index (χ0) is 13.7. The summed E-state index contributed by atoms with van der Waals surface area (Å²) in [7, 11) is -2.38. The Labute approximate surface area is 109 Å². The molecular formula is C14H21O3P. The molecule has 0 bridgehead atoms. The van der Waals surface area contributed by atoms with E-state index in [-0.39, 0.29) is 5.78 Å². The van der Waals surface area contributed by atoms with Crippen molar-refractivity contribution in [2.75, 3.05) is 6.16 Å². The van der Waals surface area contributed by atoms with Crippen molar-refractivity contribution in [3.8, 4) is 0 Å². The largest absolute Gasteiger partial charge is 0.346 e. The number of carbonyl (C=O) groups is 1. The number of rotatable bonds is 6. The minimum absolute atomic E-state index is 0.141. The molecule has 3 nitrogen and oxygen atoms in total. The highest BCUT2D eigenvalue weighted by atomic mass is 31.1. The first-order chi connectivity index (χ1) is 8.41. The van der Waals surface area contributed by atoms with Crippen LogP contribution in [0.3, 0.4) is 0 Å². The zero-order valence-electron chi connectivity index (χ0n) is 11.2. The van der Waals surface area contributed by atoms with E-state index in [0.29, 0.717) is 25.4 Å². The molecule has 0 amide bonds. The molecule has 0 saturated heterocycles. The monoisotopic (exact) mass is 268 g/mol. The summed E-state index contributed by atoms with van der Waals surface area (Å²) in [5.74, 6) is 0.141. The van der Waals surface area contributed by atoms with Gasteiger partial charge in [0, 0.05) is 18.1 Å². The second-order valence-electron chi connectivity index (χ2n) is 4.80. The lowest BCUT2D eigenvalue weighted by atomic mass is 9.94. The number of aryl methyl sites for hydroxylation is 3. The molecule has 0 aromatic heterocycles. The summed E-state index contributed by atoms with van der Waals surface area (Å²) in [6.45, 7) is 5.94. The third kappa shape index (κ3) is 4.40. The summed E-state index contributed by atoms with van der Waals surface area (Å²) < 4.78 is 10.6. The molecule has 0 heterocycles. The first-order valence-corrected chi connectivity index (χ1v) is 7.81. The molecule has 0 aliphatic carbocycles. The Balaban J connectivity index is 2.65. The maximum absolute atomic E-state index is 12.1. The molecular weight excluding hydrogens is 247 g/mol. The second-order valence-corrected chi connectivity index (χ2v) is 6.09. The molecule has 4 heteroatoms. The van der Waals surface area contributed by atoms with Crippen molar-refractivity contribution in [1.82, 2.24) is 0 Å². The highest BCUT2D eigenvalue weighted by Crippen LogP contribution is 2.20. The normalized spacial score (nSPS) is 12.4. The number of ketones is 1. The summed E-state index contributed by atoms with van der Waals surface area (Å²) in [5, 5.41) is 0. The van der Waals surface area contributed by atoms with E-state index in [9.17, 15) is 9.36 Å². The van der Waals surface area contributed by atoms with Crippen molar-refractivity contribution in [1.29, 1.82) is 0 Å². The molecule has 1 rings (SSSR count). The van der Waals surface area contributed by atoms with Crippen molar-refractivity contribution >= 4 is 13.8 Å². The van der Waals surface area contributed by atoms with Crippen LogP contribution in [-0.2, 0) is 4.57 Å². The first kappa shape index (κ1) is 15.1. The molecule has 1 unspecified atom stereocenters. The SMILES string of the molecule is Cc1cc(C)c(C(=O)CCCC[PH](=O)O)c(C)c1. The van der Waals surface area contributed by atoms with Crippen LogP contribution in [0.15, 0.2) is 12.1 Å². The number of carbonyl (C=O) groups excluding carboxylic acids is 1. The standard InChI is InChI=1S/C14H21O3P/c1-10-8-11(2)14(12(3)9-10)13(15)6-4-5-7-18(16)17/h8-9,18H,4-7H2,1-3H3,(H,16,17). The second kappa shape index (κ2) is 6.86. The molecule has 0 saturated carbocycles. The average Bonchev–Trinajstić information content (AvgIpc) is 2.22. The number of benzene rings is 1. The molecule has 0 fully saturated rings. The van der Waals surface area contributed by atoms with Crippen molar-refractivity contribution in [3.05, 3.63) is 34.4 Å². The summed E-state index contributed by atoms with van der Waals surface area (Å²) >= 11 is 0. The van der Waals surface area contributed by atoms with Gasteiger partial charge in [0.25, 0.3) is 0 Å². The summed E-state index contributed by atoms with van der Waals surface area (Å²) in [4.78, 5) is 20.8. The van der Waals surface area contributed by atoms with Gasteiger partial charge in [-0.3, -0.25) is 9.36 Å². The Morgan fingerprint density at radius 3 is 2.22 bits per heavy atom. The third-order valence-corrected chi connectivity index (χ3v) is 3.78. The van der Waals surface area contributed by atoms with Crippen LogP contribution in [0.2, 0.25) is 0 Å². The highest BCUT2D eigenvalue weighted by molar-refractivity contribution is 7.37. The van der Waals surface area contributed by atoms with E-state index in [1.165, 1.54) is 5.56 Å².